The van der Waals surface area contributed by atoms with Crippen LogP contribution in [0.3, 0.4) is 0 Å². The Balaban J connectivity index is 1.76. The molecule has 2 heterocycles. The number of unbranched alkanes of at least 4 members (excludes halogenated alkanes) is 3. The largest absolute Gasteiger partial charge is 0.477 e. The monoisotopic (exact) mass is 510 g/mol. The lowest BCUT2D eigenvalue weighted by Crippen LogP contribution is -2.12. The maximum atomic E-state index is 12.2. The summed E-state index contributed by atoms with van der Waals surface area (Å²) in [7, 11) is 0. The highest BCUT2D eigenvalue weighted by Gasteiger charge is 2.25. The van der Waals surface area contributed by atoms with Gasteiger partial charge in [-0.15, -0.1) is 11.8 Å². The van der Waals surface area contributed by atoms with E-state index in [0.717, 1.165) is 43.4 Å². The van der Waals surface area contributed by atoms with Gasteiger partial charge >= 0.3 is 11.9 Å². The number of benzene rings is 1. The number of ether oxygens (including phenoxy) is 3. The van der Waals surface area contributed by atoms with Crippen LogP contribution in [0.1, 0.15) is 74.0 Å². The van der Waals surface area contributed by atoms with Crippen molar-refractivity contribution in [1.82, 2.24) is 9.78 Å². The number of rotatable bonds is 14. The number of aromatic nitrogens is 2. The van der Waals surface area contributed by atoms with E-state index in [1.807, 2.05) is 6.07 Å². The van der Waals surface area contributed by atoms with Crippen LogP contribution in [0.15, 0.2) is 17.2 Å². The van der Waals surface area contributed by atoms with E-state index in [1.165, 1.54) is 0 Å². The van der Waals surface area contributed by atoms with Crippen LogP contribution in [-0.4, -0.2) is 46.0 Å². The molecular weight excluding hydrogens is 480 g/mol. The standard InChI is InChI=1S/C24H31ClN2O6S/c1-3-5-10-27-22(24(29)30)17(12-16-13-19-20(14-18(16)25)33-15-32-19)23(26-27)34-11-8-6-7-9-21(28)31-4-2/h13-14H,3-12,15H2,1-2H3,(H,29,30). The molecule has 0 saturated heterocycles. The van der Waals surface area contributed by atoms with Crippen LogP contribution in [0.2, 0.25) is 5.02 Å². The molecule has 1 aromatic heterocycles. The second-order valence-electron chi connectivity index (χ2n) is 7.95. The Morgan fingerprint density at radius 1 is 1.18 bits per heavy atom. The van der Waals surface area contributed by atoms with Crippen molar-refractivity contribution in [2.24, 2.45) is 0 Å². The van der Waals surface area contributed by atoms with Gasteiger partial charge in [0, 0.05) is 36.0 Å². The van der Waals surface area contributed by atoms with Gasteiger partial charge in [-0.25, -0.2) is 4.79 Å². The predicted octanol–water partition coefficient (Wildman–Crippen LogP) is 5.57. The van der Waals surface area contributed by atoms with Gasteiger partial charge in [-0.2, -0.15) is 5.10 Å². The zero-order valence-corrected chi connectivity index (χ0v) is 21.2. The van der Waals surface area contributed by atoms with Crippen LogP contribution in [0, 0.1) is 0 Å². The lowest BCUT2D eigenvalue weighted by molar-refractivity contribution is -0.143. The molecule has 0 unspecified atom stereocenters. The lowest BCUT2D eigenvalue weighted by Gasteiger charge is -2.09. The number of fused-ring (bicyclic) bond motifs is 1. The predicted molar refractivity (Wildman–Crippen MR) is 130 cm³/mol. The van der Waals surface area contributed by atoms with Crippen LogP contribution in [0.5, 0.6) is 11.5 Å². The number of aryl methyl sites for hydroxylation is 1. The molecule has 0 aliphatic carbocycles. The molecule has 8 nitrogen and oxygen atoms in total. The van der Waals surface area contributed by atoms with Gasteiger partial charge in [0.25, 0.3) is 0 Å². The summed E-state index contributed by atoms with van der Waals surface area (Å²) in [5.74, 6) is 0.790. The number of hydrogen-bond acceptors (Lipinski definition) is 7. The first-order valence-corrected chi connectivity index (χ1v) is 13.0. The molecule has 1 aliphatic rings. The quantitative estimate of drug-likeness (QED) is 0.200. The Kier molecular flexibility index (Phi) is 9.95. The summed E-state index contributed by atoms with van der Waals surface area (Å²) < 4.78 is 17.4. The molecule has 1 N–H and O–H groups in total. The zero-order chi connectivity index (χ0) is 24.5. The number of halogens is 1. The molecule has 0 atom stereocenters. The minimum atomic E-state index is -1.00. The smallest absolute Gasteiger partial charge is 0.354 e. The highest BCUT2D eigenvalue weighted by molar-refractivity contribution is 7.99. The number of carbonyl (C=O) groups excluding carboxylic acids is 1. The maximum Gasteiger partial charge on any atom is 0.354 e. The Bertz CT molecular complexity index is 1010. The Morgan fingerprint density at radius 2 is 1.94 bits per heavy atom. The maximum absolute atomic E-state index is 12.2. The molecule has 0 spiro atoms. The first-order chi connectivity index (χ1) is 16.4. The summed E-state index contributed by atoms with van der Waals surface area (Å²) in [5, 5.41) is 15.9. The SMILES string of the molecule is CCCCn1nc(SCCCCCC(=O)OCC)c(Cc2cc3c(cc2Cl)OCO3)c1C(=O)O. The number of carbonyl (C=O) groups is 2. The molecule has 10 heteroatoms. The minimum Gasteiger partial charge on any atom is -0.477 e. The summed E-state index contributed by atoms with van der Waals surface area (Å²) in [6.07, 6.45) is 5.06. The molecule has 1 aliphatic heterocycles. The molecule has 0 saturated carbocycles. The van der Waals surface area contributed by atoms with Crippen molar-refractivity contribution in [2.45, 2.75) is 70.4 Å². The third-order valence-electron chi connectivity index (χ3n) is 5.42. The van der Waals surface area contributed by atoms with Crippen molar-refractivity contribution >= 4 is 35.3 Å². The Labute approximate surface area is 208 Å². The summed E-state index contributed by atoms with van der Waals surface area (Å²) in [6, 6.07) is 3.51. The number of aromatic carboxylic acids is 1. The fourth-order valence-corrected chi connectivity index (χ4v) is 4.96. The average molecular weight is 511 g/mol. The fraction of sp³-hybridized carbons (Fsp3) is 0.542. The van der Waals surface area contributed by atoms with E-state index in [2.05, 4.69) is 12.0 Å². The van der Waals surface area contributed by atoms with Gasteiger partial charge in [0.1, 0.15) is 5.03 Å². The molecule has 3 rings (SSSR count). The molecule has 0 fully saturated rings. The van der Waals surface area contributed by atoms with Crippen molar-refractivity contribution in [1.29, 1.82) is 0 Å². The number of hydrogen-bond donors (Lipinski definition) is 1. The molecule has 34 heavy (non-hydrogen) atoms. The van der Waals surface area contributed by atoms with Crippen molar-refractivity contribution in [3.63, 3.8) is 0 Å². The van der Waals surface area contributed by atoms with E-state index >= 15 is 0 Å². The number of carboxylic acids is 1. The molecule has 1 aromatic carbocycles. The third kappa shape index (κ3) is 6.82. The van der Waals surface area contributed by atoms with Gasteiger partial charge in [-0.05, 0) is 43.6 Å². The van der Waals surface area contributed by atoms with Gasteiger partial charge in [-0.1, -0.05) is 31.4 Å². The van der Waals surface area contributed by atoms with Crippen LogP contribution in [-0.2, 0) is 22.5 Å². The fourth-order valence-electron chi connectivity index (χ4n) is 3.70. The summed E-state index contributed by atoms with van der Waals surface area (Å²) in [5.41, 5.74) is 1.62. The third-order valence-corrected chi connectivity index (χ3v) is 6.86. The topological polar surface area (TPSA) is 99.9 Å². The average Bonchev–Trinajstić information content (AvgIpc) is 3.39. The van der Waals surface area contributed by atoms with Gasteiger partial charge in [0.05, 0.1) is 6.61 Å². The normalized spacial score (nSPS) is 12.2. The van der Waals surface area contributed by atoms with E-state index in [1.54, 1.807) is 29.4 Å². The van der Waals surface area contributed by atoms with Gasteiger partial charge in [-0.3, -0.25) is 9.48 Å². The van der Waals surface area contributed by atoms with E-state index in [0.29, 0.717) is 53.1 Å². The van der Waals surface area contributed by atoms with Gasteiger partial charge in [0.15, 0.2) is 17.2 Å². The first-order valence-electron chi connectivity index (χ1n) is 11.6. The lowest BCUT2D eigenvalue weighted by atomic mass is 10.0. The van der Waals surface area contributed by atoms with Crippen LogP contribution in [0.25, 0.3) is 0 Å². The molecular formula is C24H31ClN2O6S. The van der Waals surface area contributed by atoms with E-state index in [4.69, 9.17) is 25.8 Å². The summed E-state index contributed by atoms with van der Waals surface area (Å²) in [6.45, 7) is 4.94. The van der Waals surface area contributed by atoms with Gasteiger partial charge in [0.2, 0.25) is 6.79 Å². The highest BCUT2D eigenvalue weighted by Crippen LogP contribution is 2.39. The van der Waals surface area contributed by atoms with Crippen molar-refractivity contribution in [3.8, 4) is 11.5 Å². The summed E-state index contributed by atoms with van der Waals surface area (Å²) in [4.78, 5) is 23.7. The van der Waals surface area contributed by atoms with Crippen LogP contribution in [0.4, 0.5) is 0 Å². The Hall–Kier alpha value is -2.39. The Morgan fingerprint density at radius 3 is 2.65 bits per heavy atom. The first kappa shape index (κ1) is 26.2. The minimum absolute atomic E-state index is 0.141. The van der Waals surface area contributed by atoms with E-state index in [9.17, 15) is 14.7 Å². The molecule has 2 aromatic rings. The van der Waals surface area contributed by atoms with E-state index < -0.39 is 5.97 Å². The second-order valence-corrected chi connectivity index (χ2v) is 9.44. The second kappa shape index (κ2) is 12.9. The highest BCUT2D eigenvalue weighted by atomic mass is 35.5. The van der Waals surface area contributed by atoms with Crippen LogP contribution < -0.4 is 9.47 Å². The van der Waals surface area contributed by atoms with Gasteiger partial charge < -0.3 is 19.3 Å². The molecule has 0 amide bonds. The van der Waals surface area contributed by atoms with Crippen molar-refractivity contribution in [3.05, 3.63) is 34.0 Å². The molecule has 0 radical (unpaired) electrons. The molecule has 0 bridgehead atoms. The van der Waals surface area contributed by atoms with E-state index in [-0.39, 0.29) is 18.5 Å². The van der Waals surface area contributed by atoms with Crippen LogP contribution >= 0.6 is 23.4 Å². The zero-order valence-electron chi connectivity index (χ0n) is 19.6. The molecule has 186 valence electrons. The number of carboxylic acid groups (broad SMARTS) is 1. The summed E-state index contributed by atoms with van der Waals surface area (Å²) >= 11 is 8.03. The number of esters is 1. The van der Waals surface area contributed by atoms with Crippen molar-refractivity contribution in [2.75, 3.05) is 19.2 Å². The number of nitrogens with zero attached hydrogens (tertiary/aromatic N) is 2. The number of thioether (sulfide) groups is 1. The van der Waals surface area contributed by atoms with Crippen molar-refractivity contribution < 1.29 is 28.9 Å².